The summed E-state index contributed by atoms with van der Waals surface area (Å²) < 4.78 is 11.1. The maximum atomic E-state index is 11.8. The second kappa shape index (κ2) is 8.78. The van der Waals surface area contributed by atoms with Crippen LogP contribution in [0, 0.1) is 0 Å². The molecule has 0 aliphatic carbocycles. The van der Waals surface area contributed by atoms with Gasteiger partial charge in [-0.1, -0.05) is 18.2 Å². The van der Waals surface area contributed by atoms with E-state index in [1.807, 2.05) is 25.1 Å². The Morgan fingerprint density at radius 2 is 1.96 bits per heavy atom. The molecule has 7 nitrogen and oxygen atoms in total. The molecule has 26 heavy (non-hydrogen) atoms. The molecule has 1 saturated heterocycles. The fourth-order valence-corrected chi connectivity index (χ4v) is 3.29. The summed E-state index contributed by atoms with van der Waals surface area (Å²) in [6.45, 7) is 8.51. The van der Waals surface area contributed by atoms with Crippen molar-refractivity contribution < 1.29 is 14.3 Å². The van der Waals surface area contributed by atoms with Crippen LogP contribution in [-0.2, 0) is 11.2 Å². The van der Waals surface area contributed by atoms with E-state index >= 15 is 0 Å². The molecule has 0 aromatic heterocycles. The number of hydrogen-bond donors (Lipinski definition) is 1. The number of hydrogen-bond acceptors (Lipinski definition) is 4. The van der Waals surface area contributed by atoms with Gasteiger partial charge in [-0.2, -0.15) is 0 Å². The number of carbonyl (C=O) groups excluding carboxylic acids is 1. The Morgan fingerprint density at radius 3 is 2.65 bits per heavy atom. The van der Waals surface area contributed by atoms with Gasteiger partial charge in [-0.25, -0.2) is 9.79 Å². The first kappa shape index (κ1) is 18.4. The third-order valence-electron chi connectivity index (χ3n) is 4.60. The molecule has 0 spiro atoms. The molecule has 7 heteroatoms. The minimum absolute atomic E-state index is 0.0851. The van der Waals surface area contributed by atoms with Crippen molar-refractivity contribution in [1.82, 2.24) is 15.1 Å². The number of nitrogens with zero attached hydrogens (tertiary/aromatic N) is 3. The van der Waals surface area contributed by atoms with Gasteiger partial charge in [0.15, 0.2) is 5.96 Å². The van der Waals surface area contributed by atoms with E-state index in [1.54, 1.807) is 4.90 Å². The summed E-state index contributed by atoms with van der Waals surface area (Å²) in [7, 11) is 0. The molecule has 1 aromatic carbocycles. The zero-order chi connectivity index (χ0) is 18.4. The van der Waals surface area contributed by atoms with Crippen LogP contribution in [-0.4, -0.2) is 73.8 Å². The second-order valence-electron chi connectivity index (χ2n) is 6.42. The van der Waals surface area contributed by atoms with Gasteiger partial charge >= 0.3 is 6.09 Å². The summed E-state index contributed by atoms with van der Waals surface area (Å²) >= 11 is 0. The molecule has 1 amide bonds. The number of guanidine groups is 1. The number of piperazine rings is 1. The van der Waals surface area contributed by atoms with Gasteiger partial charge in [0.1, 0.15) is 11.9 Å². The maximum absolute atomic E-state index is 11.8. The molecule has 2 aliphatic rings. The average molecular weight is 360 g/mol. The number of carbonyl (C=O) groups is 1. The fourth-order valence-electron chi connectivity index (χ4n) is 3.29. The Labute approximate surface area is 155 Å². The summed E-state index contributed by atoms with van der Waals surface area (Å²) in [5.41, 5.74) is 1.25. The number of aliphatic imine (C=N–C) groups is 1. The summed E-state index contributed by atoms with van der Waals surface area (Å²) in [5, 5.41) is 3.35. The summed E-state index contributed by atoms with van der Waals surface area (Å²) in [6, 6.07) is 8.16. The van der Waals surface area contributed by atoms with E-state index in [0.29, 0.717) is 26.2 Å². The summed E-state index contributed by atoms with van der Waals surface area (Å²) in [4.78, 5) is 20.6. The van der Waals surface area contributed by atoms with Crippen LogP contribution in [0.15, 0.2) is 29.3 Å². The van der Waals surface area contributed by atoms with Crippen molar-refractivity contribution in [2.24, 2.45) is 4.99 Å². The highest BCUT2D eigenvalue weighted by atomic mass is 16.6. The SMILES string of the molecule is CCNC(=NCC1Cc2ccccc2O1)N1CCN(C(=O)OCC)CC1. The normalized spacial score (nSPS) is 19.8. The topological polar surface area (TPSA) is 66.4 Å². The lowest BCUT2D eigenvalue weighted by Crippen LogP contribution is -2.54. The van der Waals surface area contributed by atoms with Crippen molar-refractivity contribution in [3.8, 4) is 5.75 Å². The van der Waals surface area contributed by atoms with Crippen molar-refractivity contribution in [2.75, 3.05) is 45.9 Å². The van der Waals surface area contributed by atoms with Crippen LogP contribution >= 0.6 is 0 Å². The molecule has 142 valence electrons. The van der Waals surface area contributed by atoms with E-state index < -0.39 is 0 Å². The van der Waals surface area contributed by atoms with Crippen molar-refractivity contribution in [1.29, 1.82) is 0 Å². The molecule has 1 N–H and O–H groups in total. The molecule has 0 radical (unpaired) electrons. The Bertz CT molecular complexity index is 616. The minimum Gasteiger partial charge on any atom is -0.488 e. The Hall–Kier alpha value is -2.44. The van der Waals surface area contributed by atoms with Crippen molar-refractivity contribution in [3.63, 3.8) is 0 Å². The van der Waals surface area contributed by atoms with Gasteiger partial charge in [0.05, 0.1) is 13.2 Å². The molecule has 2 heterocycles. The van der Waals surface area contributed by atoms with Crippen molar-refractivity contribution >= 4 is 12.1 Å². The Balaban J connectivity index is 1.54. The van der Waals surface area contributed by atoms with E-state index in [2.05, 4.69) is 23.2 Å². The van der Waals surface area contributed by atoms with E-state index in [1.165, 1.54) is 5.56 Å². The van der Waals surface area contributed by atoms with Crippen molar-refractivity contribution in [2.45, 2.75) is 26.4 Å². The van der Waals surface area contributed by atoms with Crippen LogP contribution < -0.4 is 10.1 Å². The lowest BCUT2D eigenvalue weighted by Gasteiger charge is -2.36. The smallest absolute Gasteiger partial charge is 0.409 e. The van der Waals surface area contributed by atoms with Crippen molar-refractivity contribution in [3.05, 3.63) is 29.8 Å². The van der Waals surface area contributed by atoms with Crippen LogP contribution in [0.5, 0.6) is 5.75 Å². The highest BCUT2D eigenvalue weighted by Gasteiger charge is 2.25. The molecule has 1 atom stereocenters. The molecule has 0 bridgehead atoms. The fraction of sp³-hybridized carbons (Fsp3) is 0.579. The average Bonchev–Trinajstić information content (AvgIpc) is 3.08. The first-order chi connectivity index (χ1) is 12.7. The highest BCUT2D eigenvalue weighted by Crippen LogP contribution is 2.28. The Kier molecular flexibility index (Phi) is 6.20. The van der Waals surface area contributed by atoms with Gasteiger partial charge in [-0.3, -0.25) is 0 Å². The number of amides is 1. The number of para-hydroxylation sites is 1. The van der Waals surface area contributed by atoms with Gasteiger partial charge in [-0.05, 0) is 25.5 Å². The van der Waals surface area contributed by atoms with Crippen LogP contribution in [0.1, 0.15) is 19.4 Å². The monoisotopic (exact) mass is 360 g/mol. The maximum Gasteiger partial charge on any atom is 0.409 e. The summed E-state index contributed by atoms with van der Waals surface area (Å²) in [5.74, 6) is 1.86. The molecule has 3 rings (SSSR count). The number of fused-ring (bicyclic) bond motifs is 1. The first-order valence-corrected chi connectivity index (χ1v) is 9.40. The van der Waals surface area contributed by atoms with Crippen LogP contribution in [0.3, 0.4) is 0 Å². The molecule has 2 aliphatic heterocycles. The predicted molar refractivity (Wildman–Crippen MR) is 101 cm³/mol. The zero-order valence-corrected chi connectivity index (χ0v) is 15.6. The third-order valence-corrected chi connectivity index (χ3v) is 4.60. The largest absolute Gasteiger partial charge is 0.488 e. The quantitative estimate of drug-likeness (QED) is 0.654. The van der Waals surface area contributed by atoms with Gasteiger partial charge in [-0.15, -0.1) is 0 Å². The molecular weight excluding hydrogens is 332 g/mol. The predicted octanol–water partition coefficient (Wildman–Crippen LogP) is 1.73. The molecule has 1 aromatic rings. The highest BCUT2D eigenvalue weighted by molar-refractivity contribution is 5.80. The number of rotatable bonds is 4. The lowest BCUT2D eigenvalue weighted by molar-refractivity contribution is 0.0914. The van der Waals surface area contributed by atoms with Gasteiger partial charge < -0.3 is 24.6 Å². The van der Waals surface area contributed by atoms with Crippen LogP contribution in [0.2, 0.25) is 0 Å². The van der Waals surface area contributed by atoms with E-state index in [-0.39, 0.29) is 12.2 Å². The lowest BCUT2D eigenvalue weighted by atomic mass is 10.1. The molecule has 1 unspecified atom stereocenters. The van der Waals surface area contributed by atoms with E-state index in [9.17, 15) is 4.79 Å². The van der Waals surface area contributed by atoms with E-state index in [0.717, 1.165) is 37.8 Å². The van der Waals surface area contributed by atoms with E-state index in [4.69, 9.17) is 14.5 Å². The number of ether oxygens (including phenoxy) is 2. The zero-order valence-electron chi connectivity index (χ0n) is 15.6. The summed E-state index contributed by atoms with van der Waals surface area (Å²) in [6.07, 6.45) is 0.753. The Morgan fingerprint density at radius 1 is 1.23 bits per heavy atom. The number of nitrogens with one attached hydrogen (secondary N) is 1. The van der Waals surface area contributed by atoms with Gasteiger partial charge in [0.25, 0.3) is 0 Å². The van der Waals surface area contributed by atoms with Crippen LogP contribution in [0.25, 0.3) is 0 Å². The molecular formula is C19H28N4O3. The molecule has 1 fully saturated rings. The first-order valence-electron chi connectivity index (χ1n) is 9.40. The van der Waals surface area contributed by atoms with Gasteiger partial charge in [0, 0.05) is 39.1 Å². The number of benzene rings is 1. The van der Waals surface area contributed by atoms with Gasteiger partial charge in [0.2, 0.25) is 0 Å². The molecule has 0 saturated carbocycles. The third kappa shape index (κ3) is 4.39. The minimum atomic E-state index is -0.230. The standard InChI is InChI=1S/C19H28N4O3/c1-3-20-18(22-9-11-23(12-10-22)19(24)25-4-2)21-14-16-13-15-7-5-6-8-17(15)26-16/h5-8,16H,3-4,9-14H2,1-2H3,(H,20,21). The van der Waals surface area contributed by atoms with Crippen LogP contribution in [0.4, 0.5) is 4.79 Å². The second-order valence-corrected chi connectivity index (χ2v) is 6.42.